The molecule has 0 spiro atoms. The molecule has 3 aromatic rings. The van der Waals surface area contributed by atoms with E-state index >= 15 is 0 Å². The lowest BCUT2D eigenvalue weighted by atomic mass is 10.2. The van der Waals surface area contributed by atoms with Crippen molar-refractivity contribution in [1.29, 1.82) is 0 Å². The van der Waals surface area contributed by atoms with Crippen LogP contribution in [0.15, 0.2) is 59.5 Å². The average Bonchev–Trinajstić information content (AvgIpc) is 2.75. The fraction of sp³-hybridized carbons (Fsp3) is 0.125. The van der Waals surface area contributed by atoms with Crippen LogP contribution in [-0.2, 0) is 5.75 Å². The number of benzene rings is 2. The smallest absolute Gasteiger partial charge is 0.0459 e. The second-order valence-corrected chi connectivity index (χ2v) is 5.42. The van der Waals surface area contributed by atoms with E-state index in [4.69, 9.17) is 0 Å². The summed E-state index contributed by atoms with van der Waals surface area (Å²) in [5, 5.41) is 1.33. The van der Waals surface area contributed by atoms with Gasteiger partial charge in [-0.1, -0.05) is 36.4 Å². The summed E-state index contributed by atoms with van der Waals surface area (Å²) >= 11 is 1.87. The largest absolute Gasteiger partial charge is 0.357 e. The summed E-state index contributed by atoms with van der Waals surface area (Å²) in [4.78, 5) is 4.83. The lowest BCUT2D eigenvalue weighted by Crippen LogP contribution is -1.83. The fourth-order valence-electron chi connectivity index (χ4n) is 2.15. The van der Waals surface area contributed by atoms with Crippen molar-refractivity contribution in [2.75, 3.05) is 0 Å². The molecule has 0 aliphatic heterocycles. The van der Waals surface area contributed by atoms with Crippen molar-refractivity contribution in [3.63, 3.8) is 0 Å². The van der Waals surface area contributed by atoms with E-state index in [0.717, 1.165) is 5.75 Å². The van der Waals surface area contributed by atoms with Gasteiger partial charge in [-0.05, 0) is 30.7 Å². The maximum absolute atomic E-state index is 3.51. The monoisotopic (exact) mass is 253 g/mol. The van der Waals surface area contributed by atoms with E-state index in [9.17, 15) is 0 Å². The molecule has 0 fully saturated rings. The minimum atomic E-state index is 0.991. The highest BCUT2D eigenvalue weighted by atomic mass is 32.2. The highest BCUT2D eigenvalue weighted by Crippen LogP contribution is 2.27. The predicted octanol–water partition coefficient (Wildman–Crippen LogP) is 4.77. The molecule has 2 heteroatoms. The van der Waals surface area contributed by atoms with Gasteiger partial charge in [-0.25, -0.2) is 0 Å². The van der Waals surface area contributed by atoms with Crippen LogP contribution in [0.2, 0.25) is 0 Å². The summed E-state index contributed by atoms with van der Waals surface area (Å²) < 4.78 is 0. The molecule has 1 N–H and O–H groups in total. The number of aromatic amines is 1. The van der Waals surface area contributed by atoms with Gasteiger partial charge in [-0.3, -0.25) is 0 Å². The SMILES string of the molecule is Cc1c(CSc2ccccc2)[nH]c2ccccc12. The average molecular weight is 253 g/mol. The Hall–Kier alpha value is -1.67. The molecule has 0 saturated carbocycles. The van der Waals surface area contributed by atoms with E-state index in [2.05, 4.69) is 66.5 Å². The Morgan fingerprint density at radius 2 is 1.67 bits per heavy atom. The van der Waals surface area contributed by atoms with Crippen LogP contribution >= 0.6 is 11.8 Å². The molecule has 0 aliphatic carbocycles. The van der Waals surface area contributed by atoms with Crippen LogP contribution in [-0.4, -0.2) is 4.98 Å². The third-order valence-electron chi connectivity index (χ3n) is 3.20. The van der Waals surface area contributed by atoms with Crippen LogP contribution in [0.4, 0.5) is 0 Å². The van der Waals surface area contributed by atoms with Gasteiger partial charge in [-0.15, -0.1) is 11.8 Å². The van der Waals surface area contributed by atoms with Crippen LogP contribution in [0.1, 0.15) is 11.3 Å². The Kier molecular flexibility index (Phi) is 3.11. The summed E-state index contributed by atoms with van der Waals surface area (Å²) in [6.07, 6.45) is 0. The van der Waals surface area contributed by atoms with Crippen LogP contribution in [0.5, 0.6) is 0 Å². The van der Waals surface area contributed by atoms with Gasteiger partial charge in [0.2, 0.25) is 0 Å². The number of rotatable bonds is 3. The van der Waals surface area contributed by atoms with Crippen molar-refractivity contribution in [2.24, 2.45) is 0 Å². The number of para-hydroxylation sites is 1. The van der Waals surface area contributed by atoms with E-state index < -0.39 is 0 Å². The van der Waals surface area contributed by atoms with Crippen molar-refractivity contribution >= 4 is 22.7 Å². The number of nitrogens with one attached hydrogen (secondary N) is 1. The molecule has 2 aromatic carbocycles. The fourth-order valence-corrected chi connectivity index (χ4v) is 3.10. The molecule has 0 saturated heterocycles. The molecule has 3 rings (SSSR count). The summed E-state index contributed by atoms with van der Waals surface area (Å²) in [5.41, 5.74) is 3.93. The van der Waals surface area contributed by atoms with Gasteiger partial charge >= 0.3 is 0 Å². The summed E-state index contributed by atoms with van der Waals surface area (Å²) in [6, 6.07) is 19.0. The van der Waals surface area contributed by atoms with E-state index in [1.807, 2.05) is 11.8 Å². The van der Waals surface area contributed by atoms with Crippen LogP contribution in [0.25, 0.3) is 10.9 Å². The van der Waals surface area contributed by atoms with Crippen LogP contribution < -0.4 is 0 Å². The van der Waals surface area contributed by atoms with Crippen molar-refractivity contribution in [3.05, 3.63) is 65.9 Å². The quantitative estimate of drug-likeness (QED) is 0.665. The van der Waals surface area contributed by atoms with Gasteiger partial charge < -0.3 is 4.98 Å². The number of fused-ring (bicyclic) bond motifs is 1. The third kappa shape index (κ3) is 2.16. The number of hydrogen-bond acceptors (Lipinski definition) is 1. The Morgan fingerprint density at radius 1 is 0.944 bits per heavy atom. The molecule has 0 amide bonds. The number of H-pyrrole nitrogens is 1. The molecule has 0 bridgehead atoms. The molecule has 1 heterocycles. The van der Waals surface area contributed by atoms with E-state index in [1.165, 1.54) is 27.1 Å². The van der Waals surface area contributed by atoms with E-state index in [0.29, 0.717) is 0 Å². The van der Waals surface area contributed by atoms with Crippen molar-refractivity contribution in [2.45, 2.75) is 17.6 Å². The first-order valence-corrected chi connectivity index (χ1v) is 7.07. The topological polar surface area (TPSA) is 15.8 Å². The first kappa shape index (κ1) is 11.4. The number of thioether (sulfide) groups is 1. The maximum Gasteiger partial charge on any atom is 0.0459 e. The van der Waals surface area contributed by atoms with Gasteiger partial charge in [-0.2, -0.15) is 0 Å². The van der Waals surface area contributed by atoms with Crippen LogP contribution in [0.3, 0.4) is 0 Å². The van der Waals surface area contributed by atoms with Crippen LogP contribution in [0, 0.1) is 6.92 Å². The zero-order chi connectivity index (χ0) is 12.4. The summed E-state index contributed by atoms with van der Waals surface area (Å²) in [5.74, 6) is 0.991. The van der Waals surface area contributed by atoms with E-state index in [-0.39, 0.29) is 0 Å². The normalized spacial score (nSPS) is 10.9. The zero-order valence-electron chi connectivity index (χ0n) is 10.3. The van der Waals surface area contributed by atoms with Gasteiger partial charge in [0.25, 0.3) is 0 Å². The lowest BCUT2D eigenvalue weighted by Gasteiger charge is -2.01. The first-order valence-electron chi connectivity index (χ1n) is 6.08. The molecule has 1 aromatic heterocycles. The lowest BCUT2D eigenvalue weighted by molar-refractivity contribution is 1.22. The molecule has 90 valence electrons. The summed E-state index contributed by atoms with van der Waals surface area (Å²) in [7, 11) is 0. The summed E-state index contributed by atoms with van der Waals surface area (Å²) in [6.45, 7) is 2.19. The highest BCUT2D eigenvalue weighted by Gasteiger charge is 2.06. The van der Waals surface area contributed by atoms with Crippen molar-refractivity contribution in [1.82, 2.24) is 4.98 Å². The Balaban J connectivity index is 1.85. The second-order valence-electron chi connectivity index (χ2n) is 4.38. The molecule has 0 atom stereocenters. The maximum atomic E-state index is 3.51. The van der Waals surface area contributed by atoms with Crippen molar-refractivity contribution in [3.8, 4) is 0 Å². The van der Waals surface area contributed by atoms with Gasteiger partial charge in [0.15, 0.2) is 0 Å². The van der Waals surface area contributed by atoms with Gasteiger partial charge in [0.05, 0.1) is 0 Å². The molecule has 0 aliphatic rings. The molecular weight excluding hydrogens is 238 g/mol. The molecule has 0 unspecified atom stereocenters. The Morgan fingerprint density at radius 3 is 2.44 bits per heavy atom. The minimum absolute atomic E-state index is 0.991. The number of aryl methyl sites for hydroxylation is 1. The second kappa shape index (κ2) is 4.91. The van der Waals surface area contributed by atoms with E-state index in [1.54, 1.807) is 0 Å². The number of aromatic nitrogens is 1. The zero-order valence-corrected chi connectivity index (χ0v) is 11.1. The van der Waals surface area contributed by atoms with Gasteiger partial charge in [0.1, 0.15) is 0 Å². The molecule has 18 heavy (non-hydrogen) atoms. The van der Waals surface area contributed by atoms with Crippen molar-refractivity contribution < 1.29 is 0 Å². The molecule has 1 nitrogen and oxygen atoms in total. The Labute approximate surface area is 111 Å². The third-order valence-corrected chi connectivity index (χ3v) is 4.23. The molecular formula is C16H15NS. The number of hydrogen-bond donors (Lipinski definition) is 1. The predicted molar refractivity (Wildman–Crippen MR) is 79.0 cm³/mol. The minimum Gasteiger partial charge on any atom is -0.357 e. The highest BCUT2D eigenvalue weighted by molar-refractivity contribution is 7.98. The molecule has 0 radical (unpaired) electrons. The standard InChI is InChI=1S/C16H15NS/c1-12-14-9-5-6-10-15(14)17-16(12)11-18-13-7-3-2-4-8-13/h2-10,17H,11H2,1H3. The van der Waals surface area contributed by atoms with Gasteiger partial charge in [0, 0.05) is 27.2 Å². The first-order chi connectivity index (χ1) is 8.84. The Bertz CT molecular complexity index is 655.